The van der Waals surface area contributed by atoms with Gasteiger partial charge in [-0.3, -0.25) is 24.0 Å². The summed E-state index contributed by atoms with van der Waals surface area (Å²) in [6.45, 7) is 8.58. The summed E-state index contributed by atoms with van der Waals surface area (Å²) in [6.07, 6.45) is 0.930. The minimum Gasteiger partial charge on any atom is -0.370 e. The van der Waals surface area contributed by atoms with Gasteiger partial charge in [-0.05, 0) is 38.2 Å². The molecule has 1 aliphatic rings. The number of hydrogen-bond donors (Lipinski definition) is 7. The largest absolute Gasteiger partial charge is 0.370 e. The van der Waals surface area contributed by atoms with E-state index in [0.717, 1.165) is 0 Å². The van der Waals surface area contributed by atoms with E-state index >= 15 is 0 Å². The molecule has 0 saturated carbocycles. The van der Waals surface area contributed by atoms with Gasteiger partial charge in [0.2, 0.25) is 29.5 Å². The fraction of sp³-hybridized carbons (Fsp3) is 0.571. The Morgan fingerprint density at radius 3 is 2.24 bits per heavy atom. The van der Waals surface area contributed by atoms with Crippen LogP contribution in [0.5, 0.6) is 0 Å². The van der Waals surface area contributed by atoms with E-state index in [2.05, 4.69) is 31.6 Å². The van der Waals surface area contributed by atoms with E-state index in [1.54, 1.807) is 65.0 Å². The highest BCUT2D eigenvalue weighted by atomic mass is 16.2. The van der Waals surface area contributed by atoms with Crippen LogP contribution in [0, 0.1) is 5.92 Å². The first kappa shape index (κ1) is 33.0. The molecule has 13 heteroatoms. The Bertz CT molecular complexity index is 1120. The zero-order valence-electron chi connectivity index (χ0n) is 24.5. The van der Waals surface area contributed by atoms with Gasteiger partial charge in [0.05, 0.1) is 6.04 Å². The summed E-state index contributed by atoms with van der Waals surface area (Å²) < 4.78 is 0. The highest BCUT2D eigenvalue weighted by Gasteiger charge is 2.40. The molecule has 0 radical (unpaired) electrons. The van der Waals surface area contributed by atoms with E-state index in [1.807, 2.05) is 0 Å². The number of nitrogens with one attached hydrogen (secondary N) is 5. The number of aliphatic imine (C=N–C) groups is 1. The number of nitrogens with two attached hydrogens (primary N) is 2. The highest BCUT2D eigenvalue weighted by molar-refractivity contribution is 5.97. The average molecular weight is 573 g/mol. The lowest BCUT2D eigenvalue weighted by molar-refractivity contribution is -0.137. The van der Waals surface area contributed by atoms with Crippen LogP contribution >= 0.6 is 0 Å². The first-order valence-corrected chi connectivity index (χ1v) is 14.0. The molecule has 2 rings (SSSR count). The third-order valence-electron chi connectivity index (χ3n) is 6.99. The fourth-order valence-corrected chi connectivity index (χ4v) is 4.44. The van der Waals surface area contributed by atoms with Gasteiger partial charge in [0.25, 0.3) is 0 Å². The lowest BCUT2D eigenvalue weighted by Crippen LogP contribution is -2.64. The second-order valence-electron chi connectivity index (χ2n) is 10.7. The van der Waals surface area contributed by atoms with Crippen molar-refractivity contribution in [3.63, 3.8) is 0 Å². The zero-order chi connectivity index (χ0) is 30.7. The molecule has 1 aromatic carbocycles. The van der Waals surface area contributed by atoms with Gasteiger partial charge in [0.1, 0.15) is 23.7 Å². The lowest BCUT2D eigenvalue weighted by Gasteiger charge is -2.33. The molecule has 5 amide bonds. The summed E-state index contributed by atoms with van der Waals surface area (Å²) in [6, 6.07) is 4.56. The number of nitrogens with zero attached hydrogens (tertiary/aromatic N) is 1. The SMILES string of the molecule is CCC(N=C(N)N)[C@@H]1NC(=O)[C@](C)(NC(=O)C(C)C)CCCNC(=O)[C@@H](c2ccccc2)NC(=O)[C@H](CC)NC1=O. The minimum absolute atomic E-state index is 0.144. The Morgan fingerprint density at radius 1 is 1.02 bits per heavy atom. The summed E-state index contributed by atoms with van der Waals surface area (Å²) in [7, 11) is 0. The summed E-state index contributed by atoms with van der Waals surface area (Å²) in [5.74, 6) is -3.38. The molecule has 0 aromatic heterocycles. The van der Waals surface area contributed by atoms with Gasteiger partial charge in [-0.15, -0.1) is 0 Å². The molecule has 0 bridgehead atoms. The van der Waals surface area contributed by atoms with Gasteiger partial charge in [-0.1, -0.05) is 58.0 Å². The predicted octanol–water partition coefficient (Wildman–Crippen LogP) is -0.284. The standard InChI is InChI=1S/C28H44N8O5/c1-6-18(33-27(29)30)21-25(40)32-19(7-2)23(38)34-20(17-12-9-8-10-13-17)24(39)31-15-11-14-28(5,26(41)35-21)36-22(37)16(3)4/h8-10,12-13,16,18-21H,6-7,11,14-15H2,1-5H3,(H,31,39)(H,32,40)(H,34,38)(H,35,41)(H,36,37)(H4,29,30,33)/t18?,19-,20+,21-,28+/m0/s1. The first-order chi connectivity index (χ1) is 19.3. The maximum absolute atomic E-state index is 13.7. The molecule has 5 atom stereocenters. The summed E-state index contributed by atoms with van der Waals surface area (Å²) in [5.41, 5.74) is 10.4. The molecule has 41 heavy (non-hydrogen) atoms. The minimum atomic E-state index is -1.43. The maximum atomic E-state index is 13.7. The molecule has 0 spiro atoms. The van der Waals surface area contributed by atoms with Crippen molar-refractivity contribution in [2.24, 2.45) is 22.4 Å². The maximum Gasteiger partial charge on any atom is 0.247 e. The van der Waals surface area contributed by atoms with Gasteiger partial charge >= 0.3 is 0 Å². The van der Waals surface area contributed by atoms with Crippen LogP contribution in [0.4, 0.5) is 0 Å². The molecular weight excluding hydrogens is 528 g/mol. The van der Waals surface area contributed by atoms with Crippen LogP contribution in [-0.2, 0) is 24.0 Å². The average Bonchev–Trinajstić information content (AvgIpc) is 2.93. The molecule has 13 nitrogen and oxygen atoms in total. The van der Waals surface area contributed by atoms with Crippen LogP contribution in [0.1, 0.15) is 71.9 Å². The number of hydrogen-bond acceptors (Lipinski definition) is 6. The van der Waals surface area contributed by atoms with E-state index in [-0.39, 0.29) is 37.7 Å². The summed E-state index contributed by atoms with van der Waals surface area (Å²) >= 11 is 0. The molecule has 1 heterocycles. The number of rotatable bonds is 7. The van der Waals surface area contributed by atoms with Crippen molar-refractivity contribution in [1.82, 2.24) is 26.6 Å². The molecule has 1 fully saturated rings. The number of amides is 5. The van der Waals surface area contributed by atoms with Gasteiger partial charge in [0.15, 0.2) is 5.96 Å². The Labute approximate surface area is 241 Å². The van der Waals surface area contributed by atoms with Crippen molar-refractivity contribution in [2.75, 3.05) is 6.54 Å². The predicted molar refractivity (Wildman–Crippen MR) is 155 cm³/mol. The molecule has 226 valence electrons. The van der Waals surface area contributed by atoms with Crippen molar-refractivity contribution in [3.05, 3.63) is 35.9 Å². The third kappa shape index (κ3) is 9.19. The van der Waals surface area contributed by atoms with Crippen molar-refractivity contribution in [2.45, 2.75) is 90.0 Å². The fourth-order valence-electron chi connectivity index (χ4n) is 4.44. The van der Waals surface area contributed by atoms with E-state index in [0.29, 0.717) is 12.0 Å². The smallest absolute Gasteiger partial charge is 0.247 e. The van der Waals surface area contributed by atoms with E-state index in [9.17, 15) is 24.0 Å². The van der Waals surface area contributed by atoms with Crippen molar-refractivity contribution in [3.8, 4) is 0 Å². The number of guanidine groups is 1. The van der Waals surface area contributed by atoms with Crippen LogP contribution in [0.25, 0.3) is 0 Å². The van der Waals surface area contributed by atoms with E-state index < -0.39 is 59.3 Å². The van der Waals surface area contributed by atoms with Gasteiger partial charge in [0, 0.05) is 12.5 Å². The monoisotopic (exact) mass is 572 g/mol. The highest BCUT2D eigenvalue weighted by Crippen LogP contribution is 2.18. The topological polar surface area (TPSA) is 210 Å². The normalized spacial score (nSPS) is 25.4. The van der Waals surface area contributed by atoms with Gasteiger partial charge in [-0.25, -0.2) is 4.99 Å². The molecule has 1 aliphatic heterocycles. The Balaban J connectivity index is 2.56. The quantitative estimate of drug-likeness (QED) is 0.171. The number of carbonyl (C=O) groups excluding carboxylic acids is 5. The second kappa shape index (κ2) is 15.0. The molecule has 1 aromatic rings. The molecule has 1 unspecified atom stereocenters. The van der Waals surface area contributed by atoms with Crippen molar-refractivity contribution >= 4 is 35.5 Å². The zero-order valence-corrected chi connectivity index (χ0v) is 24.5. The van der Waals surface area contributed by atoms with Crippen LogP contribution < -0.4 is 38.1 Å². The molecule has 9 N–H and O–H groups in total. The second-order valence-corrected chi connectivity index (χ2v) is 10.7. The van der Waals surface area contributed by atoms with Crippen LogP contribution in [0.3, 0.4) is 0 Å². The van der Waals surface area contributed by atoms with Crippen LogP contribution in [0.15, 0.2) is 35.3 Å². The number of carbonyl (C=O) groups is 5. The van der Waals surface area contributed by atoms with Crippen molar-refractivity contribution < 1.29 is 24.0 Å². The Hall–Kier alpha value is -4.16. The molecular formula is C28H44N8O5. The summed E-state index contributed by atoms with van der Waals surface area (Å²) in [5, 5.41) is 13.8. The number of benzene rings is 1. The molecule has 0 aliphatic carbocycles. The van der Waals surface area contributed by atoms with E-state index in [4.69, 9.17) is 11.5 Å². The first-order valence-electron chi connectivity index (χ1n) is 14.0. The van der Waals surface area contributed by atoms with Gasteiger partial charge < -0.3 is 38.1 Å². The lowest BCUT2D eigenvalue weighted by atomic mass is 9.92. The van der Waals surface area contributed by atoms with E-state index in [1.165, 1.54) is 0 Å². The molecule has 1 saturated heterocycles. The van der Waals surface area contributed by atoms with Crippen LogP contribution in [-0.4, -0.2) is 65.7 Å². The van der Waals surface area contributed by atoms with Crippen LogP contribution in [0.2, 0.25) is 0 Å². The third-order valence-corrected chi connectivity index (χ3v) is 6.99. The summed E-state index contributed by atoms with van der Waals surface area (Å²) in [4.78, 5) is 70.8. The Kier molecular flexibility index (Phi) is 12.1. The Morgan fingerprint density at radius 2 is 1.68 bits per heavy atom. The van der Waals surface area contributed by atoms with Crippen molar-refractivity contribution in [1.29, 1.82) is 0 Å². The van der Waals surface area contributed by atoms with Gasteiger partial charge in [-0.2, -0.15) is 0 Å².